The van der Waals surface area contributed by atoms with Gasteiger partial charge in [0.05, 0.1) is 4.90 Å². The van der Waals surface area contributed by atoms with E-state index in [1.54, 1.807) is 12.1 Å². The summed E-state index contributed by atoms with van der Waals surface area (Å²) in [6.45, 7) is 0.665. The molecule has 1 aliphatic heterocycles. The van der Waals surface area contributed by atoms with Crippen LogP contribution in [-0.2, 0) is 21.2 Å². The van der Waals surface area contributed by atoms with E-state index in [0.717, 1.165) is 49.8 Å². The maximum Gasteiger partial charge on any atom is 0.240 e. The predicted octanol–water partition coefficient (Wildman–Crippen LogP) is 4.16. The fourth-order valence-electron chi connectivity index (χ4n) is 5.07. The average molecular weight is 405 g/mol. The first-order chi connectivity index (χ1) is 13.5. The molecule has 1 aromatic rings. The number of nitrogens with one attached hydrogen (secondary N) is 1. The molecule has 0 unspecified atom stereocenters. The van der Waals surface area contributed by atoms with Crippen molar-refractivity contribution < 1.29 is 13.2 Å². The monoisotopic (exact) mass is 404 g/mol. The first-order valence-electron chi connectivity index (χ1n) is 11.0. The predicted molar refractivity (Wildman–Crippen MR) is 111 cm³/mol. The standard InChI is InChI=1S/C22H32N2O3S/c25-22(13-10-17-6-2-1-3-7-17)24-15-14-18-16-20(11-12-21(18)24)28(26,27)23-19-8-4-5-9-19/h11-12,16-17,19,23H,1-10,13-15H2. The summed E-state index contributed by atoms with van der Waals surface area (Å²) in [5.74, 6) is 0.887. The average Bonchev–Trinajstić information content (AvgIpc) is 3.35. The third kappa shape index (κ3) is 4.43. The van der Waals surface area contributed by atoms with Crippen molar-refractivity contribution in [3.05, 3.63) is 23.8 Å². The number of anilines is 1. The molecule has 2 aliphatic carbocycles. The minimum absolute atomic E-state index is 0.0659. The van der Waals surface area contributed by atoms with Crippen LogP contribution in [0.5, 0.6) is 0 Å². The Balaban J connectivity index is 1.40. The van der Waals surface area contributed by atoms with Gasteiger partial charge in [-0.05, 0) is 55.4 Å². The van der Waals surface area contributed by atoms with Crippen LogP contribution in [0.25, 0.3) is 0 Å². The number of fused-ring (bicyclic) bond motifs is 1. The van der Waals surface area contributed by atoms with Gasteiger partial charge in [-0.2, -0.15) is 0 Å². The second-order valence-electron chi connectivity index (χ2n) is 8.73. The maximum atomic E-state index is 12.8. The van der Waals surface area contributed by atoms with Gasteiger partial charge >= 0.3 is 0 Å². The number of hydrogen-bond donors (Lipinski definition) is 1. The molecule has 5 nitrogen and oxygen atoms in total. The van der Waals surface area contributed by atoms with Crippen molar-refractivity contribution in [2.45, 2.75) is 88.0 Å². The third-order valence-electron chi connectivity index (χ3n) is 6.73. The van der Waals surface area contributed by atoms with E-state index >= 15 is 0 Å². The Hall–Kier alpha value is -1.40. The number of hydrogen-bond acceptors (Lipinski definition) is 3. The fraction of sp³-hybridized carbons (Fsp3) is 0.682. The lowest BCUT2D eigenvalue weighted by atomic mass is 9.86. The van der Waals surface area contributed by atoms with Crippen LogP contribution in [-0.4, -0.2) is 26.9 Å². The summed E-state index contributed by atoms with van der Waals surface area (Å²) < 4.78 is 28.2. The van der Waals surface area contributed by atoms with Crippen molar-refractivity contribution in [1.82, 2.24) is 4.72 Å². The van der Waals surface area contributed by atoms with Crippen molar-refractivity contribution >= 4 is 21.6 Å². The van der Waals surface area contributed by atoms with E-state index in [9.17, 15) is 13.2 Å². The van der Waals surface area contributed by atoms with Gasteiger partial charge in [0.2, 0.25) is 15.9 Å². The Morgan fingerprint density at radius 1 is 1.04 bits per heavy atom. The van der Waals surface area contributed by atoms with E-state index in [2.05, 4.69) is 4.72 Å². The van der Waals surface area contributed by atoms with E-state index < -0.39 is 10.0 Å². The van der Waals surface area contributed by atoms with Gasteiger partial charge in [-0.25, -0.2) is 13.1 Å². The number of sulfonamides is 1. The van der Waals surface area contributed by atoms with Gasteiger partial charge in [-0.15, -0.1) is 0 Å². The van der Waals surface area contributed by atoms with Gasteiger partial charge in [0.25, 0.3) is 0 Å². The Labute approximate surface area is 168 Å². The van der Waals surface area contributed by atoms with Crippen molar-refractivity contribution in [3.8, 4) is 0 Å². The molecular formula is C22H32N2O3S. The molecule has 1 aromatic carbocycles. The highest BCUT2D eigenvalue weighted by atomic mass is 32.2. The topological polar surface area (TPSA) is 66.5 Å². The first kappa shape index (κ1) is 19.9. The Bertz CT molecular complexity index is 809. The number of rotatable bonds is 6. The van der Waals surface area contributed by atoms with E-state index in [1.807, 2.05) is 11.0 Å². The molecule has 4 rings (SSSR count). The largest absolute Gasteiger partial charge is 0.312 e. The van der Waals surface area contributed by atoms with Gasteiger partial charge in [0.1, 0.15) is 0 Å². The molecule has 0 aromatic heterocycles. The second kappa shape index (κ2) is 8.54. The summed E-state index contributed by atoms with van der Waals surface area (Å²) in [5.41, 5.74) is 1.87. The second-order valence-corrected chi connectivity index (χ2v) is 10.4. The summed E-state index contributed by atoms with van der Waals surface area (Å²) in [6.07, 6.45) is 12.8. The van der Waals surface area contributed by atoms with Crippen LogP contribution in [0.15, 0.2) is 23.1 Å². The lowest BCUT2D eigenvalue weighted by molar-refractivity contribution is -0.118. The number of benzene rings is 1. The van der Waals surface area contributed by atoms with Gasteiger partial charge in [-0.3, -0.25) is 4.79 Å². The van der Waals surface area contributed by atoms with Crippen LogP contribution in [0.4, 0.5) is 5.69 Å². The molecule has 0 atom stereocenters. The zero-order chi connectivity index (χ0) is 19.6. The van der Waals surface area contributed by atoms with Crippen molar-refractivity contribution in [2.24, 2.45) is 5.92 Å². The van der Waals surface area contributed by atoms with Crippen LogP contribution in [0.1, 0.15) is 76.2 Å². The molecule has 0 saturated heterocycles. The quantitative estimate of drug-likeness (QED) is 0.774. The van der Waals surface area contributed by atoms with Crippen LogP contribution in [0.2, 0.25) is 0 Å². The highest BCUT2D eigenvalue weighted by Gasteiger charge is 2.28. The lowest BCUT2D eigenvalue weighted by Crippen LogP contribution is -2.32. The minimum Gasteiger partial charge on any atom is -0.312 e. The molecule has 0 bridgehead atoms. The Kier molecular flexibility index (Phi) is 6.07. The summed E-state index contributed by atoms with van der Waals surface area (Å²) >= 11 is 0. The molecule has 1 N–H and O–H groups in total. The van der Waals surface area contributed by atoms with Crippen molar-refractivity contribution in [2.75, 3.05) is 11.4 Å². The normalized spacial score (nSPS) is 21.2. The zero-order valence-electron chi connectivity index (χ0n) is 16.7. The molecule has 3 aliphatic rings. The van der Waals surface area contributed by atoms with Gasteiger partial charge in [0, 0.05) is 24.7 Å². The molecule has 154 valence electrons. The lowest BCUT2D eigenvalue weighted by Gasteiger charge is -2.23. The maximum absolute atomic E-state index is 12.8. The number of carbonyl (C=O) groups is 1. The van der Waals surface area contributed by atoms with Crippen molar-refractivity contribution in [3.63, 3.8) is 0 Å². The van der Waals surface area contributed by atoms with Crippen LogP contribution >= 0.6 is 0 Å². The zero-order valence-corrected chi connectivity index (χ0v) is 17.5. The van der Waals surface area contributed by atoms with Gasteiger partial charge in [-0.1, -0.05) is 44.9 Å². The minimum atomic E-state index is -3.48. The van der Waals surface area contributed by atoms with Gasteiger partial charge in [0.15, 0.2) is 0 Å². The van der Waals surface area contributed by atoms with Crippen molar-refractivity contribution in [1.29, 1.82) is 0 Å². The molecule has 1 amide bonds. The molecule has 6 heteroatoms. The van der Waals surface area contributed by atoms with E-state index in [1.165, 1.54) is 32.1 Å². The third-order valence-corrected chi connectivity index (χ3v) is 8.24. The Morgan fingerprint density at radius 3 is 2.50 bits per heavy atom. The van der Waals surface area contributed by atoms with Crippen LogP contribution in [0.3, 0.4) is 0 Å². The molecule has 0 radical (unpaired) electrons. The SMILES string of the molecule is O=C(CCC1CCCCC1)N1CCc2cc(S(=O)(=O)NC3CCCC3)ccc21. The van der Waals surface area contributed by atoms with Crippen LogP contribution < -0.4 is 9.62 Å². The van der Waals surface area contributed by atoms with Gasteiger partial charge < -0.3 is 4.90 Å². The molecule has 0 spiro atoms. The highest BCUT2D eigenvalue weighted by Crippen LogP contribution is 2.33. The van der Waals surface area contributed by atoms with Crippen LogP contribution in [0, 0.1) is 5.92 Å². The summed E-state index contributed by atoms with van der Waals surface area (Å²) in [5, 5.41) is 0. The number of amides is 1. The smallest absolute Gasteiger partial charge is 0.240 e. The number of nitrogens with zero attached hydrogens (tertiary/aromatic N) is 1. The van der Waals surface area contributed by atoms with E-state index in [-0.39, 0.29) is 11.9 Å². The van der Waals surface area contributed by atoms with E-state index in [0.29, 0.717) is 23.8 Å². The highest BCUT2D eigenvalue weighted by molar-refractivity contribution is 7.89. The molecular weight excluding hydrogens is 372 g/mol. The summed E-state index contributed by atoms with van der Waals surface area (Å²) in [7, 11) is -3.48. The van der Waals surface area contributed by atoms with E-state index in [4.69, 9.17) is 0 Å². The molecule has 28 heavy (non-hydrogen) atoms. The summed E-state index contributed by atoms with van der Waals surface area (Å²) in [4.78, 5) is 14.9. The summed E-state index contributed by atoms with van der Waals surface area (Å²) in [6, 6.07) is 5.31. The first-order valence-corrected chi connectivity index (χ1v) is 12.5. The molecule has 2 fully saturated rings. The Morgan fingerprint density at radius 2 is 1.75 bits per heavy atom. The molecule has 2 saturated carbocycles. The number of carbonyl (C=O) groups excluding carboxylic acids is 1. The molecule has 1 heterocycles. The fourth-order valence-corrected chi connectivity index (χ4v) is 6.43.